The maximum atomic E-state index is 13.8. The van der Waals surface area contributed by atoms with E-state index in [1.807, 2.05) is 12.1 Å². The number of carbonyl (C=O) groups is 3. The summed E-state index contributed by atoms with van der Waals surface area (Å²) >= 11 is 0. The van der Waals surface area contributed by atoms with E-state index in [1.54, 1.807) is 25.7 Å². The first-order valence-corrected chi connectivity index (χ1v) is 14.9. The number of aliphatic hydroxyl groups is 1. The molecule has 9 nitrogen and oxygen atoms in total. The summed E-state index contributed by atoms with van der Waals surface area (Å²) in [6, 6.07) is 10.6. The molecule has 1 aliphatic heterocycles. The maximum Gasteiger partial charge on any atom is 0.490 e. The Morgan fingerprint density at radius 1 is 0.978 bits per heavy atom. The fourth-order valence-electron chi connectivity index (χ4n) is 4.68. The van der Waals surface area contributed by atoms with Crippen LogP contribution >= 0.6 is 0 Å². The molecule has 1 fully saturated rings. The molecule has 0 bridgehead atoms. The van der Waals surface area contributed by atoms with Crippen LogP contribution in [0.4, 0.5) is 26.7 Å². The lowest BCUT2D eigenvalue weighted by Crippen LogP contribution is -2.52. The highest BCUT2D eigenvalue weighted by molar-refractivity contribution is 5.79. The number of hydrogen-bond acceptors (Lipinski definition) is 6. The van der Waals surface area contributed by atoms with Gasteiger partial charge in [0.15, 0.2) is 0 Å². The minimum absolute atomic E-state index is 0.0609. The number of ether oxygens (including phenoxy) is 1. The van der Waals surface area contributed by atoms with E-state index in [1.165, 1.54) is 17.7 Å². The van der Waals surface area contributed by atoms with Crippen molar-refractivity contribution >= 4 is 18.0 Å². The topological polar surface area (TPSA) is 128 Å². The van der Waals surface area contributed by atoms with Gasteiger partial charge in [-0.15, -0.1) is 0 Å². The van der Waals surface area contributed by atoms with Gasteiger partial charge in [-0.2, -0.15) is 13.2 Å². The predicted octanol–water partition coefficient (Wildman–Crippen LogP) is 4.99. The lowest BCUT2D eigenvalue weighted by atomic mass is 9.94. The first-order valence-electron chi connectivity index (χ1n) is 14.9. The Hall–Kier alpha value is -3.78. The highest BCUT2D eigenvalue weighted by Crippen LogP contribution is 2.21. The molecule has 2 atom stereocenters. The second-order valence-electron chi connectivity index (χ2n) is 12.0. The number of aliphatic hydroxyl groups excluding tert-OH is 1. The average Bonchev–Trinajstić information content (AvgIpc) is 2.95. The number of likely N-dealkylation sites (tertiary alicyclic amines) is 1. The first-order chi connectivity index (χ1) is 21.4. The molecule has 1 aliphatic rings. The van der Waals surface area contributed by atoms with E-state index in [0.717, 1.165) is 18.1 Å². The fraction of sp³-hybridized carbons (Fsp3) is 0.531. The molecular weight excluding hydrogens is 617 g/mol. The van der Waals surface area contributed by atoms with Gasteiger partial charge < -0.3 is 30.5 Å². The van der Waals surface area contributed by atoms with Gasteiger partial charge in [0.25, 0.3) is 0 Å². The number of carboxylic acids is 1. The van der Waals surface area contributed by atoms with Gasteiger partial charge in [0.2, 0.25) is 5.91 Å². The molecule has 0 radical (unpaired) electrons. The van der Waals surface area contributed by atoms with Crippen LogP contribution in [0.5, 0.6) is 0 Å². The number of rotatable bonds is 10. The van der Waals surface area contributed by atoms with Crippen molar-refractivity contribution in [1.82, 2.24) is 15.5 Å². The van der Waals surface area contributed by atoms with Crippen molar-refractivity contribution in [2.75, 3.05) is 19.6 Å². The van der Waals surface area contributed by atoms with Crippen molar-refractivity contribution in [1.29, 1.82) is 0 Å². The zero-order chi connectivity index (χ0) is 34.7. The van der Waals surface area contributed by atoms with Crippen molar-refractivity contribution in [3.8, 4) is 0 Å². The molecule has 1 saturated heterocycles. The first kappa shape index (κ1) is 38.4. The van der Waals surface area contributed by atoms with Gasteiger partial charge in [0.05, 0.1) is 12.1 Å². The standard InChI is InChI=1S/C30H41F2N3O4.C2HF3O2/c1-5-20-7-6-8-21(13-20)18-33-19-27(36)26(16-22-14-24(31)17-25(32)15-22)34-28(37)23-9-11-35(12-10-23)29(38)39-30(2,3)4;3-2(4,5)1(6)7/h6-8,13-15,17,23,26-27,33,36H,5,9-12,16,18-19H2,1-4H3,(H,34,37);(H,6,7)/t26-,27+;/m0./s1. The minimum Gasteiger partial charge on any atom is -0.475 e. The molecule has 46 heavy (non-hydrogen) atoms. The van der Waals surface area contributed by atoms with E-state index in [-0.39, 0.29) is 24.8 Å². The van der Waals surface area contributed by atoms with Crippen molar-refractivity contribution in [3.05, 3.63) is 70.8 Å². The van der Waals surface area contributed by atoms with Crippen molar-refractivity contribution in [3.63, 3.8) is 0 Å². The van der Waals surface area contributed by atoms with Crippen molar-refractivity contribution in [2.24, 2.45) is 5.92 Å². The number of nitrogens with one attached hydrogen (secondary N) is 2. The van der Waals surface area contributed by atoms with Gasteiger partial charge in [-0.05, 0) is 75.3 Å². The van der Waals surface area contributed by atoms with Crippen LogP contribution in [-0.2, 0) is 33.7 Å². The Labute approximate surface area is 265 Å². The van der Waals surface area contributed by atoms with E-state index in [4.69, 9.17) is 14.6 Å². The van der Waals surface area contributed by atoms with Crippen LogP contribution in [0.15, 0.2) is 42.5 Å². The van der Waals surface area contributed by atoms with Gasteiger partial charge in [-0.25, -0.2) is 18.4 Å². The molecule has 0 aliphatic carbocycles. The number of amides is 2. The zero-order valence-electron chi connectivity index (χ0n) is 26.3. The number of aliphatic carboxylic acids is 1. The van der Waals surface area contributed by atoms with Crippen LogP contribution in [0.1, 0.15) is 57.2 Å². The summed E-state index contributed by atoms with van der Waals surface area (Å²) in [6.45, 7) is 8.97. The SMILES string of the molecule is CCc1cccc(CNC[C@@H](O)[C@H](Cc2cc(F)cc(F)c2)NC(=O)C2CCN(C(=O)OC(C)(C)C)CC2)c1.O=C(O)C(F)(F)F. The molecule has 2 amide bonds. The number of benzene rings is 2. The maximum absolute atomic E-state index is 13.8. The lowest BCUT2D eigenvalue weighted by molar-refractivity contribution is -0.192. The molecule has 0 saturated carbocycles. The van der Waals surface area contributed by atoms with E-state index in [9.17, 15) is 36.6 Å². The highest BCUT2D eigenvalue weighted by Gasteiger charge is 2.38. The predicted molar refractivity (Wildman–Crippen MR) is 160 cm³/mol. The summed E-state index contributed by atoms with van der Waals surface area (Å²) in [5, 5.41) is 24.3. The van der Waals surface area contributed by atoms with Crippen molar-refractivity contribution < 1.29 is 51.3 Å². The lowest BCUT2D eigenvalue weighted by Gasteiger charge is -2.34. The van der Waals surface area contributed by atoms with Gasteiger partial charge in [-0.1, -0.05) is 31.2 Å². The third kappa shape index (κ3) is 13.7. The van der Waals surface area contributed by atoms with E-state index < -0.39 is 47.6 Å². The molecule has 0 spiro atoms. The number of aryl methyl sites for hydroxylation is 1. The van der Waals surface area contributed by atoms with E-state index >= 15 is 0 Å². The third-order valence-electron chi connectivity index (χ3n) is 7.01. The van der Waals surface area contributed by atoms with Crippen molar-refractivity contribution in [2.45, 2.75) is 83.8 Å². The number of carboxylic acid groups (broad SMARTS) is 1. The summed E-state index contributed by atoms with van der Waals surface area (Å²) in [5.41, 5.74) is 2.03. The molecule has 256 valence electrons. The number of carbonyl (C=O) groups excluding carboxylic acids is 2. The summed E-state index contributed by atoms with van der Waals surface area (Å²) in [6.07, 6.45) is -4.60. The van der Waals surface area contributed by atoms with Gasteiger partial charge in [-0.3, -0.25) is 4.79 Å². The number of hydrogen-bond donors (Lipinski definition) is 4. The van der Waals surface area contributed by atoms with Gasteiger partial charge in [0.1, 0.15) is 17.2 Å². The zero-order valence-corrected chi connectivity index (χ0v) is 26.3. The fourth-order valence-corrected chi connectivity index (χ4v) is 4.68. The summed E-state index contributed by atoms with van der Waals surface area (Å²) in [5.74, 6) is -4.80. The third-order valence-corrected chi connectivity index (χ3v) is 7.01. The van der Waals surface area contributed by atoms with Crippen LogP contribution in [0.25, 0.3) is 0 Å². The molecule has 4 N–H and O–H groups in total. The van der Waals surface area contributed by atoms with Crippen LogP contribution in [0.3, 0.4) is 0 Å². The normalized spacial score (nSPS) is 15.3. The van der Waals surface area contributed by atoms with Gasteiger partial charge >= 0.3 is 18.2 Å². The number of halogens is 5. The molecule has 2 aromatic carbocycles. The minimum atomic E-state index is -5.08. The Balaban J connectivity index is 0.000000942. The summed E-state index contributed by atoms with van der Waals surface area (Å²) in [7, 11) is 0. The van der Waals surface area contributed by atoms with E-state index in [0.29, 0.717) is 38.0 Å². The molecule has 1 heterocycles. The van der Waals surface area contributed by atoms with Crippen LogP contribution in [-0.4, -0.2) is 76.6 Å². The Morgan fingerprint density at radius 2 is 1.54 bits per heavy atom. The second-order valence-corrected chi connectivity index (χ2v) is 12.0. The van der Waals surface area contributed by atoms with E-state index in [2.05, 4.69) is 29.7 Å². The number of piperidine rings is 1. The smallest absolute Gasteiger partial charge is 0.475 e. The van der Waals surface area contributed by atoms with Gasteiger partial charge in [0, 0.05) is 38.2 Å². The van der Waals surface area contributed by atoms with Crippen LogP contribution in [0.2, 0.25) is 0 Å². The monoisotopic (exact) mass is 659 g/mol. The highest BCUT2D eigenvalue weighted by atomic mass is 19.4. The Kier molecular flexibility index (Phi) is 14.4. The molecule has 14 heteroatoms. The quantitative estimate of drug-likeness (QED) is 0.265. The molecule has 0 aromatic heterocycles. The summed E-state index contributed by atoms with van der Waals surface area (Å²) in [4.78, 5) is 36.0. The Morgan fingerprint density at radius 3 is 2.07 bits per heavy atom. The molecule has 2 aromatic rings. The number of nitrogens with zero attached hydrogens (tertiary/aromatic N) is 1. The number of alkyl halides is 3. The average molecular weight is 660 g/mol. The molecular formula is C32H42F5N3O6. The van der Waals surface area contributed by atoms with Crippen LogP contribution < -0.4 is 10.6 Å². The molecule has 3 rings (SSSR count). The molecule has 0 unspecified atom stereocenters. The second kappa shape index (κ2) is 17.2. The van der Waals surface area contributed by atoms with Crippen LogP contribution in [0, 0.1) is 17.6 Å². The summed E-state index contributed by atoms with van der Waals surface area (Å²) < 4.78 is 64.8. The Bertz CT molecular complexity index is 1290. The largest absolute Gasteiger partial charge is 0.490 e.